The lowest BCUT2D eigenvalue weighted by Gasteiger charge is -2.26. The zero-order chi connectivity index (χ0) is 30.6. The van der Waals surface area contributed by atoms with Crippen molar-refractivity contribution in [1.29, 1.82) is 0 Å². The molecule has 1 aromatic carbocycles. The van der Waals surface area contributed by atoms with Crippen LogP contribution in [0.25, 0.3) is 27.7 Å². The Hall–Kier alpha value is -3.88. The molecule has 9 nitrogen and oxygen atoms in total. The maximum Gasteiger partial charge on any atom is 0.245 e. The van der Waals surface area contributed by atoms with Gasteiger partial charge >= 0.3 is 0 Å². The minimum Gasteiger partial charge on any atom is -0.327 e. The molecule has 3 aliphatic rings. The lowest BCUT2D eigenvalue weighted by atomic mass is 9.91. The van der Waals surface area contributed by atoms with E-state index in [1.165, 1.54) is 39.0 Å². The van der Waals surface area contributed by atoms with Gasteiger partial charge in [0, 0.05) is 48.8 Å². The summed E-state index contributed by atoms with van der Waals surface area (Å²) in [5, 5.41) is 10.1. The third-order valence-corrected chi connectivity index (χ3v) is 10.4. The van der Waals surface area contributed by atoms with Gasteiger partial charge in [0.2, 0.25) is 5.91 Å². The fraction of sp³-hybridized carbons (Fsp3) is 0.543. The van der Waals surface area contributed by atoms with Crippen molar-refractivity contribution >= 4 is 34.0 Å². The zero-order valence-electron chi connectivity index (χ0n) is 26.1. The first-order valence-corrected chi connectivity index (χ1v) is 16.5. The highest BCUT2D eigenvalue weighted by Gasteiger charge is 2.66. The van der Waals surface area contributed by atoms with Crippen LogP contribution in [0, 0.1) is 12.3 Å². The van der Waals surface area contributed by atoms with Gasteiger partial charge in [-0.15, -0.1) is 0 Å². The maximum atomic E-state index is 14.1. The average Bonchev–Trinajstić information content (AvgIpc) is 3.26. The van der Waals surface area contributed by atoms with Gasteiger partial charge < -0.3 is 4.90 Å². The van der Waals surface area contributed by atoms with Crippen LogP contribution in [-0.2, 0) is 22.6 Å². The van der Waals surface area contributed by atoms with E-state index in [0.29, 0.717) is 12.1 Å². The topological polar surface area (TPSA) is 102 Å². The van der Waals surface area contributed by atoms with Crippen LogP contribution >= 0.6 is 0 Å². The number of aromatic nitrogens is 5. The standard InChI is InChI=1S/C35H42N6O3/c1-4-29(43)28-17-35-13-11-9-7-5-6-8-10-12-24-15-25(26-19-36-31-14-22(2)37-39(31)20-26)16-27-33(23(3)42)38-40(34(24)27)21-32(44)41(28)30(35)18-35/h14-16,19-20,28,30H,4-13,17-18,21H2,1-3H3/t28-,30+,35-/m0/s1. The fourth-order valence-corrected chi connectivity index (χ4v) is 8.03. The zero-order valence-corrected chi connectivity index (χ0v) is 26.1. The van der Waals surface area contributed by atoms with E-state index >= 15 is 0 Å². The van der Waals surface area contributed by atoms with Crippen LogP contribution < -0.4 is 0 Å². The molecule has 1 amide bonds. The summed E-state index contributed by atoms with van der Waals surface area (Å²) in [4.78, 5) is 46.7. The number of amides is 1. The number of carbonyl (C=O) groups excluding carboxylic acids is 3. The van der Waals surface area contributed by atoms with Crippen LogP contribution in [0.4, 0.5) is 0 Å². The van der Waals surface area contributed by atoms with Crippen LogP contribution in [0.1, 0.15) is 106 Å². The van der Waals surface area contributed by atoms with Crippen LogP contribution in [0.15, 0.2) is 30.6 Å². The summed E-state index contributed by atoms with van der Waals surface area (Å²) in [5.41, 5.74) is 5.93. The highest BCUT2D eigenvalue weighted by Crippen LogP contribution is 2.62. The Kier molecular flexibility index (Phi) is 7.37. The Labute approximate surface area is 258 Å². The van der Waals surface area contributed by atoms with Crippen molar-refractivity contribution < 1.29 is 14.4 Å². The van der Waals surface area contributed by atoms with E-state index in [2.05, 4.69) is 16.1 Å². The molecular weight excluding hydrogens is 552 g/mol. The van der Waals surface area contributed by atoms with Gasteiger partial charge in [0.1, 0.15) is 12.2 Å². The summed E-state index contributed by atoms with van der Waals surface area (Å²) in [6.07, 6.45) is 16.2. The summed E-state index contributed by atoms with van der Waals surface area (Å²) in [6, 6.07) is 5.92. The van der Waals surface area contributed by atoms with Crippen molar-refractivity contribution in [2.75, 3.05) is 0 Å². The number of carbonyl (C=O) groups is 3. The number of ketones is 2. The molecule has 0 spiro atoms. The summed E-state index contributed by atoms with van der Waals surface area (Å²) in [6.45, 7) is 5.40. The van der Waals surface area contributed by atoms with E-state index < -0.39 is 0 Å². The van der Waals surface area contributed by atoms with Crippen LogP contribution in [0.5, 0.6) is 0 Å². The number of aryl methyl sites for hydroxylation is 2. The predicted molar refractivity (Wildman–Crippen MR) is 168 cm³/mol. The first kappa shape index (κ1) is 28.9. The molecule has 230 valence electrons. The molecule has 5 heterocycles. The summed E-state index contributed by atoms with van der Waals surface area (Å²) >= 11 is 0. The van der Waals surface area contributed by atoms with E-state index in [-0.39, 0.29) is 41.5 Å². The molecule has 44 heavy (non-hydrogen) atoms. The van der Waals surface area contributed by atoms with Crippen LogP contribution in [0.2, 0.25) is 0 Å². The van der Waals surface area contributed by atoms with Gasteiger partial charge in [0.05, 0.1) is 17.3 Å². The van der Waals surface area contributed by atoms with Crippen molar-refractivity contribution in [2.24, 2.45) is 5.41 Å². The van der Waals surface area contributed by atoms with Gasteiger partial charge in [0.25, 0.3) is 0 Å². The van der Waals surface area contributed by atoms with Gasteiger partial charge in [-0.1, -0.05) is 45.4 Å². The lowest BCUT2D eigenvalue weighted by Crippen LogP contribution is -2.44. The van der Waals surface area contributed by atoms with E-state index in [1.807, 2.05) is 43.3 Å². The number of fused-ring (bicyclic) bond motifs is 1. The highest BCUT2D eigenvalue weighted by molar-refractivity contribution is 6.07. The number of hydrogen-bond donors (Lipinski definition) is 0. The summed E-state index contributed by atoms with van der Waals surface area (Å²) < 4.78 is 3.54. The molecular formula is C35H42N6O3. The number of piperidine rings is 1. The van der Waals surface area contributed by atoms with Crippen LogP contribution in [0.3, 0.4) is 0 Å². The Balaban J connectivity index is 1.33. The summed E-state index contributed by atoms with van der Waals surface area (Å²) in [5.74, 6) is -0.0507. The molecule has 2 fully saturated rings. The largest absolute Gasteiger partial charge is 0.327 e. The van der Waals surface area contributed by atoms with Crippen molar-refractivity contribution in [3.8, 4) is 11.1 Å². The molecule has 1 saturated heterocycles. The maximum absolute atomic E-state index is 14.1. The highest BCUT2D eigenvalue weighted by atomic mass is 16.2. The third-order valence-electron chi connectivity index (χ3n) is 10.4. The molecule has 1 saturated carbocycles. The molecule has 0 unspecified atom stereocenters. The lowest BCUT2D eigenvalue weighted by molar-refractivity contribution is -0.139. The second-order valence-electron chi connectivity index (χ2n) is 13.4. The molecule has 0 N–H and O–H groups in total. The molecule has 3 aromatic heterocycles. The number of nitrogens with zero attached hydrogens (tertiary/aromatic N) is 6. The van der Waals surface area contributed by atoms with Crippen molar-refractivity contribution in [3.05, 3.63) is 47.5 Å². The summed E-state index contributed by atoms with van der Waals surface area (Å²) in [7, 11) is 0. The SMILES string of the molecule is CCC(=O)[C@@H]1C[C@]23CCCCCCCCCc4cc(-c5cnc6cc(C)nn6c5)cc5c(C(C)=O)nn(c45)CC(=O)N1[C@@H]2C3. The Morgan fingerprint density at radius 2 is 1.75 bits per heavy atom. The minimum absolute atomic E-state index is 0.0241. The monoisotopic (exact) mass is 594 g/mol. The Bertz CT molecular complexity index is 1790. The third kappa shape index (κ3) is 5.04. The van der Waals surface area contributed by atoms with E-state index in [1.54, 1.807) is 9.20 Å². The van der Waals surface area contributed by atoms with Gasteiger partial charge in [-0.05, 0) is 67.7 Å². The fourth-order valence-electron chi connectivity index (χ4n) is 8.03. The molecule has 3 atom stereocenters. The first-order chi connectivity index (χ1) is 21.3. The van der Waals surface area contributed by atoms with Gasteiger partial charge in [0.15, 0.2) is 17.2 Å². The van der Waals surface area contributed by atoms with Crippen molar-refractivity contribution in [3.63, 3.8) is 0 Å². The first-order valence-electron chi connectivity index (χ1n) is 16.5. The molecule has 2 bridgehead atoms. The number of benzene rings is 1. The van der Waals surface area contributed by atoms with E-state index in [0.717, 1.165) is 77.5 Å². The van der Waals surface area contributed by atoms with Crippen molar-refractivity contribution in [1.82, 2.24) is 29.3 Å². The second-order valence-corrected chi connectivity index (χ2v) is 13.4. The van der Waals surface area contributed by atoms with E-state index in [9.17, 15) is 14.4 Å². The quantitative estimate of drug-likeness (QED) is 0.258. The molecule has 9 heteroatoms. The second kappa shape index (κ2) is 11.2. The number of Topliss-reactive ketones (excluding diaryl/α,β-unsaturated/α-hetero) is 2. The molecule has 2 aliphatic heterocycles. The van der Waals surface area contributed by atoms with Gasteiger partial charge in [-0.3, -0.25) is 19.1 Å². The average molecular weight is 595 g/mol. The predicted octanol–water partition coefficient (Wildman–Crippen LogP) is 6.27. The number of hydrogen-bond acceptors (Lipinski definition) is 6. The Morgan fingerprint density at radius 1 is 0.977 bits per heavy atom. The van der Waals surface area contributed by atoms with E-state index in [4.69, 9.17) is 5.10 Å². The molecule has 4 aromatic rings. The van der Waals surface area contributed by atoms with Gasteiger partial charge in [-0.25, -0.2) is 9.50 Å². The van der Waals surface area contributed by atoms with Crippen LogP contribution in [-0.4, -0.2) is 58.8 Å². The van der Waals surface area contributed by atoms with Gasteiger partial charge in [-0.2, -0.15) is 10.2 Å². The normalized spacial score (nSPS) is 24.4. The minimum atomic E-state index is -0.348. The number of rotatable bonds is 4. The molecule has 1 aliphatic carbocycles. The molecule has 0 radical (unpaired) electrons. The smallest absolute Gasteiger partial charge is 0.245 e. The Morgan fingerprint density at radius 3 is 2.52 bits per heavy atom. The van der Waals surface area contributed by atoms with Crippen molar-refractivity contribution in [2.45, 2.75) is 116 Å². The molecule has 7 rings (SSSR count).